The lowest BCUT2D eigenvalue weighted by atomic mass is 9.78. The molecule has 0 saturated carbocycles. The van der Waals surface area contributed by atoms with Crippen molar-refractivity contribution in [3.63, 3.8) is 0 Å². The van der Waals surface area contributed by atoms with Crippen molar-refractivity contribution in [1.82, 2.24) is 15.5 Å². The lowest BCUT2D eigenvalue weighted by molar-refractivity contribution is -0.138. The Morgan fingerprint density at radius 1 is 0.946 bits per heavy atom. The van der Waals surface area contributed by atoms with Gasteiger partial charge >= 0.3 is 20.2 Å². The molecular weight excluding hydrogens is 484 g/mol. The third-order valence-electron chi connectivity index (χ3n) is 6.74. The summed E-state index contributed by atoms with van der Waals surface area (Å²) in [6.45, 7) is -0.148. The first-order chi connectivity index (χ1) is 17.7. The third kappa shape index (κ3) is 4.96. The molecule has 0 aliphatic carbocycles. The van der Waals surface area contributed by atoms with Gasteiger partial charge in [0.15, 0.2) is 0 Å². The molecule has 5 rings (SSSR count). The molecule has 3 aliphatic heterocycles. The smallest absolute Gasteiger partial charge is 0.480 e. The zero-order valence-electron chi connectivity index (χ0n) is 19.5. The van der Waals surface area contributed by atoms with Crippen molar-refractivity contribution in [3.8, 4) is 0 Å². The minimum atomic E-state index is -1.23. The number of nitrogens with zero attached hydrogens (tertiary/aromatic N) is 1. The normalized spacial score (nSPS) is 20.0. The Kier molecular flexibility index (Phi) is 6.73. The van der Waals surface area contributed by atoms with E-state index in [0.29, 0.717) is 10.9 Å². The van der Waals surface area contributed by atoms with Crippen LogP contribution in [0.1, 0.15) is 38.3 Å². The van der Waals surface area contributed by atoms with Crippen LogP contribution in [0, 0.1) is 0 Å². The van der Waals surface area contributed by atoms with Crippen LogP contribution in [0.2, 0.25) is 0 Å². The van der Waals surface area contributed by atoms with Crippen LogP contribution in [-0.4, -0.2) is 83.2 Å². The maximum absolute atomic E-state index is 13.4. The van der Waals surface area contributed by atoms with Crippen molar-refractivity contribution in [3.05, 3.63) is 58.7 Å². The Morgan fingerprint density at radius 2 is 1.54 bits per heavy atom. The highest BCUT2D eigenvalue weighted by atomic mass is 16.5. The van der Waals surface area contributed by atoms with E-state index < -0.39 is 56.6 Å². The van der Waals surface area contributed by atoms with Crippen molar-refractivity contribution in [2.24, 2.45) is 0 Å². The van der Waals surface area contributed by atoms with Crippen LogP contribution in [0.25, 0.3) is 0 Å². The maximum atomic E-state index is 13.4. The van der Waals surface area contributed by atoms with Crippen LogP contribution in [0.3, 0.4) is 0 Å². The third-order valence-corrected chi connectivity index (χ3v) is 6.74. The molecule has 14 heteroatoms. The zero-order chi connectivity index (χ0) is 26.3. The molecular formula is C23H23B2N3O9. The van der Waals surface area contributed by atoms with Gasteiger partial charge in [-0.25, -0.2) is 0 Å². The molecule has 0 bridgehead atoms. The molecule has 0 spiro atoms. The highest BCUT2D eigenvalue weighted by Crippen LogP contribution is 2.23. The number of likely N-dealkylation sites (tertiary alicyclic amines) is 1. The summed E-state index contributed by atoms with van der Waals surface area (Å²) in [4.78, 5) is 51.4. The SMILES string of the molecule is O=C(O)CNC(=O)[C@@H]1C[C@H](NC(=O)c2ccc3c(c2)B(O)OC3)CN1C(=O)c1ccc2c(c1)B(O)OC2. The van der Waals surface area contributed by atoms with Gasteiger partial charge in [0.05, 0.1) is 13.2 Å². The highest BCUT2D eigenvalue weighted by Gasteiger charge is 2.41. The van der Waals surface area contributed by atoms with Crippen LogP contribution in [0.15, 0.2) is 36.4 Å². The van der Waals surface area contributed by atoms with Crippen LogP contribution < -0.4 is 21.6 Å². The first-order valence-corrected chi connectivity index (χ1v) is 11.7. The van der Waals surface area contributed by atoms with Crippen molar-refractivity contribution in [1.29, 1.82) is 0 Å². The largest absolute Gasteiger partial charge is 0.491 e. The van der Waals surface area contributed by atoms with E-state index in [1.165, 1.54) is 17.0 Å². The predicted molar refractivity (Wildman–Crippen MR) is 129 cm³/mol. The molecule has 2 atom stereocenters. The molecule has 190 valence electrons. The standard InChI is InChI=1S/C23H23B2N3O9/c29-20(30)8-26-22(32)19-7-16(27-21(31)12-1-3-14-10-36-24(34)17(14)5-12)9-28(19)23(33)13-2-4-15-11-37-25(35)18(15)6-13/h1-6,16,19,34-35H,7-11H2,(H,26,32)(H,27,31)(H,29,30)/t16-,19-/m0/s1. The number of aliphatic carboxylic acids is 1. The fraction of sp³-hybridized carbons (Fsp3) is 0.304. The molecule has 12 nitrogen and oxygen atoms in total. The summed E-state index contributed by atoms with van der Waals surface area (Å²) in [6, 6.07) is 7.94. The second kappa shape index (κ2) is 9.98. The minimum Gasteiger partial charge on any atom is -0.480 e. The second-order valence-corrected chi connectivity index (χ2v) is 9.14. The Morgan fingerprint density at radius 3 is 2.16 bits per heavy atom. The van der Waals surface area contributed by atoms with Gasteiger partial charge in [-0.3, -0.25) is 19.2 Å². The number of hydrogen-bond acceptors (Lipinski definition) is 8. The van der Waals surface area contributed by atoms with E-state index in [1.807, 2.05) is 0 Å². The number of rotatable bonds is 6. The Hall–Kier alpha value is -3.71. The van der Waals surface area contributed by atoms with Gasteiger partial charge in [0, 0.05) is 23.7 Å². The molecule has 3 heterocycles. The number of fused-ring (bicyclic) bond motifs is 2. The molecule has 3 aliphatic rings. The average Bonchev–Trinajstić information content (AvgIpc) is 3.59. The van der Waals surface area contributed by atoms with Gasteiger partial charge in [-0.1, -0.05) is 12.1 Å². The van der Waals surface area contributed by atoms with E-state index in [4.69, 9.17) is 14.4 Å². The molecule has 2 aromatic rings. The predicted octanol–water partition coefficient (Wildman–Crippen LogP) is -2.66. The van der Waals surface area contributed by atoms with E-state index in [0.717, 1.165) is 11.1 Å². The first kappa shape index (κ1) is 25.0. The lowest BCUT2D eigenvalue weighted by Gasteiger charge is -2.24. The summed E-state index contributed by atoms with van der Waals surface area (Å²) in [7, 11) is -2.26. The minimum absolute atomic E-state index is 0.00253. The Balaban J connectivity index is 1.35. The number of nitrogens with one attached hydrogen (secondary N) is 2. The van der Waals surface area contributed by atoms with Gasteiger partial charge in [-0.15, -0.1) is 0 Å². The van der Waals surface area contributed by atoms with Gasteiger partial charge in [0.1, 0.15) is 12.6 Å². The molecule has 2 aromatic carbocycles. The number of carbonyl (C=O) groups is 4. The molecule has 0 aromatic heterocycles. The average molecular weight is 507 g/mol. The van der Waals surface area contributed by atoms with Crippen LogP contribution >= 0.6 is 0 Å². The maximum Gasteiger partial charge on any atom is 0.491 e. The second-order valence-electron chi connectivity index (χ2n) is 9.14. The van der Waals surface area contributed by atoms with E-state index in [-0.39, 0.29) is 37.3 Å². The van der Waals surface area contributed by atoms with Crippen LogP contribution in [0.5, 0.6) is 0 Å². The summed E-state index contributed by atoms with van der Waals surface area (Å²) in [5.41, 5.74) is 3.00. The number of carboxylic acids is 1. The van der Waals surface area contributed by atoms with Crippen molar-refractivity contribution < 1.29 is 43.6 Å². The van der Waals surface area contributed by atoms with Crippen molar-refractivity contribution >= 4 is 48.9 Å². The van der Waals surface area contributed by atoms with Crippen molar-refractivity contribution in [2.75, 3.05) is 13.1 Å². The molecule has 5 N–H and O–H groups in total. The highest BCUT2D eigenvalue weighted by molar-refractivity contribution is 6.62. The Labute approximate surface area is 211 Å². The molecule has 0 unspecified atom stereocenters. The van der Waals surface area contributed by atoms with E-state index >= 15 is 0 Å². The van der Waals surface area contributed by atoms with Crippen LogP contribution in [0.4, 0.5) is 0 Å². The fourth-order valence-electron chi connectivity index (χ4n) is 4.83. The first-order valence-electron chi connectivity index (χ1n) is 11.7. The number of amides is 3. The van der Waals surface area contributed by atoms with Gasteiger partial charge in [0.2, 0.25) is 5.91 Å². The lowest BCUT2D eigenvalue weighted by Crippen LogP contribution is -2.47. The number of carboxylic acid groups (broad SMARTS) is 1. The summed E-state index contributed by atoms with van der Waals surface area (Å²) in [6.07, 6.45) is 0.0658. The summed E-state index contributed by atoms with van der Waals surface area (Å²) >= 11 is 0. The Bertz CT molecular complexity index is 1290. The summed E-state index contributed by atoms with van der Waals surface area (Å²) in [5, 5.41) is 34.0. The number of benzene rings is 2. The number of hydrogen-bond donors (Lipinski definition) is 5. The van der Waals surface area contributed by atoms with Crippen LogP contribution in [-0.2, 0) is 32.1 Å². The topological polar surface area (TPSA) is 175 Å². The molecule has 1 fully saturated rings. The van der Waals surface area contributed by atoms with E-state index in [9.17, 15) is 29.2 Å². The summed E-state index contributed by atoms with van der Waals surface area (Å²) in [5.74, 6) is -2.85. The van der Waals surface area contributed by atoms with Crippen molar-refractivity contribution in [2.45, 2.75) is 31.7 Å². The number of carbonyl (C=O) groups excluding carboxylic acids is 3. The monoisotopic (exact) mass is 507 g/mol. The van der Waals surface area contributed by atoms with Gasteiger partial charge in [-0.2, -0.15) is 0 Å². The summed E-state index contributed by atoms with van der Waals surface area (Å²) < 4.78 is 10.3. The van der Waals surface area contributed by atoms with Gasteiger partial charge < -0.3 is 40.0 Å². The van der Waals surface area contributed by atoms with E-state index in [1.54, 1.807) is 24.3 Å². The molecule has 37 heavy (non-hydrogen) atoms. The molecule has 0 radical (unpaired) electrons. The van der Waals surface area contributed by atoms with Gasteiger partial charge in [-0.05, 0) is 52.7 Å². The molecule has 3 amide bonds. The van der Waals surface area contributed by atoms with Gasteiger partial charge in [0.25, 0.3) is 11.8 Å². The fourth-order valence-corrected chi connectivity index (χ4v) is 4.83. The van der Waals surface area contributed by atoms with E-state index in [2.05, 4.69) is 10.6 Å². The quantitative estimate of drug-likeness (QED) is 0.262. The zero-order valence-corrected chi connectivity index (χ0v) is 19.5. The molecule has 1 saturated heterocycles.